The number of hydrogen-bond donors (Lipinski definition) is 0. The zero-order chi connectivity index (χ0) is 15.8. The first-order chi connectivity index (χ1) is 10.7. The number of rotatable bonds is 7. The van der Waals surface area contributed by atoms with Crippen LogP contribution in [-0.4, -0.2) is 37.1 Å². The Labute approximate surface area is 131 Å². The van der Waals surface area contributed by atoms with E-state index in [1.54, 1.807) is 4.90 Å². The number of ether oxygens (including phenoxy) is 2. The Balaban J connectivity index is 1.78. The Morgan fingerprint density at radius 3 is 2.36 bits per heavy atom. The molecule has 1 heterocycles. The van der Waals surface area contributed by atoms with Gasteiger partial charge in [0.15, 0.2) is 0 Å². The standard InChI is InChI=1S/C17H22N2O3/c1-2-21-15-5-7-16(8-6-15)22-12-9-14(13-18)17(20)19-10-3-4-11-19/h5-8,14H,2-4,9-12H2,1H3. The SMILES string of the molecule is CCOc1ccc(OCCC(C#N)C(=O)N2CCCC2)cc1. The van der Waals surface area contributed by atoms with Gasteiger partial charge in [-0.1, -0.05) is 0 Å². The fourth-order valence-corrected chi connectivity index (χ4v) is 2.49. The summed E-state index contributed by atoms with van der Waals surface area (Å²) < 4.78 is 11.0. The third kappa shape index (κ3) is 4.39. The molecule has 5 heteroatoms. The summed E-state index contributed by atoms with van der Waals surface area (Å²) in [5.74, 6) is 0.846. The van der Waals surface area contributed by atoms with Crippen molar-refractivity contribution in [3.8, 4) is 17.6 Å². The first-order valence-corrected chi connectivity index (χ1v) is 7.78. The molecule has 0 N–H and O–H groups in total. The van der Waals surface area contributed by atoms with Gasteiger partial charge in [0.2, 0.25) is 5.91 Å². The molecule has 5 nitrogen and oxygen atoms in total. The van der Waals surface area contributed by atoms with Gasteiger partial charge in [0.05, 0.1) is 19.3 Å². The summed E-state index contributed by atoms with van der Waals surface area (Å²) in [5, 5.41) is 9.18. The molecule has 1 aliphatic rings. The molecule has 0 aliphatic carbocycles. The number of benzene rings is 1. The predicted octanol–water partition coefficient (Wildman–Crippen LogP) is 2.62. The van der Waals surface area contributed by atoms with Gasteiger partial charge in [-0.2, -0.15) is 5.26 Å². The van der Waals surface area contributed by atoms with E-state index in [2.05, 4.69) is 6.07 Å². The second kappa shape index (κ2) is 8.28. The van der Waals surface area contributed by atoms with Crippen LogP contribution in [0, 0.1) is 17.2 Å². The van der Waals surface area contributed by atoms with Gasteiger partial charge >= 0.3 is 0 Å². The molecule has 1 aromatic carbocycles. The van der Waals surface area contributed by atoms with Crippen LogP contribution in [0.25, 0.3) is 0 Å². The molecule has 0 bridgehead atoms. The fraction of sp³-hybridized carbons (Fsp3) is 0.529. The van der Waals surface area contributed by atoms with Crippen molar-refractivity contribution in [3.05, 3.63) is 24.3 Å². The van der Waals surface area contributed by atoms with Crippen molar-refractivity contribution in [1.29, 1.82) is 5.26 Å². The quantitative estimate of drug-likeness (QED) is 0.776. The van der Waals surface area contributed by atoms with Crippen LogP contribution in [-0.2, 0) is 4.79 Å². The molecular formula is C17H22N2O3. The Morgan fingerprint density at radius 2 is 1.82 bits per heavy atom. The minimum absolute atomic E-state index is 0.0599. The average molecular weight is 302 g/mol. The van der Waals surface area contributed by atoms with Crippen molar-refractivity contribution in [1.82, 2.24) is 4.90 Å². The monoisotopic (exact) mass is 302 g/mol. The number of nitrogens with zero attached hydrogens (tertiary/aromatic N) is 2. The summed E-state index contributed by atoms with van der Waals surface area (Å²) in [5.41, 5.74) is 0. The van der Waals surface area contributed by atoms with Crippen LogP contribution in [0.15, 0.2) is 24.3 Å². The van der Waals surface area contributed by atoms with Crippen molar-refractivity contribution in [2.75, 3.05) is 26.3 Å². The topological polar surface area (TPSA) is 62.6 Å². The minimum Gasteiger partial charge on any atom is -0.494 e. The van der Waals surface area contributed by atoms with Crippen LogP contribution < -0.4 is 9.47 Å². The second-order valence-corrected chi connectivity index (χ2v) is 5.26. The number of carbonyl (C=O) groups excluding carboxylic acids is 1. The third-order valence-electron chi connectivity index (χ3n) is 3.68. The van der Waals surface area contributed by atoms with E-state index in [0.717, 1.165) is 31.7 Å². The van der Waals surface area contributed by atoms with E-state index in [9.17, 15) is 10.1 Å². The maximum atomic E-state index is 12.2. The fourth-order valence-electron chi connectivity index (χ4n) is 2.49. The maximum Gasteiger partial charge on any atom is 0.240 e. The predicted molar refractivity (Wildman–Crippen MR) is 82.6 cm³/mol. The van der Waals surface area contributed by atoms with Crippen LogP contribution in [0.3, 0.4) is 0 Å². The lowest BCUT2D eigenvalue weighted by atomic mass is 10.1. The Hall–Kier alpha value is -2.22. The van der Waals surface area contributed by atoms with Crippen molar-refractivity contribution in [2.24, 2.45) is 5.92 Å². The third-order valence-corrected chi connectivity index (χ3v) is 3.68. The number of carbonyl (C=O) groups is 1. The van der Waals surface area contributed by atoms with Gasteiger partial charge < -0.3 is 14.4 Å². The molecular weight excluding hydrogens is 280 g/mol. The molecule has 1 amide bonds. The molecule has 2 rings (SSSR count). The zero-order valence-corrected chi connectivity index (χ0v) is 13.0. The summed E-state index contributed by atoms with van der Waals surface area (Å²) in [7, 11) is 0. The van der Waals surface area contributed by atoms with E-state index in [4.69, 9.17) is 9.47 Å². The molecule has 1 fully saturated rings. The van der Waals surface area contributed by atoms with E-state index < -0.39 is 5.92 Å². The molecule has 1 saturated heterocycles. The molecule has 118 valence electrons. The Bertz CT molecular complexity index is 516. The van der Waals surface area contributed by atoms with Gasteiger partial charge in [-0.15, -0.1) is 0 Å². The summed E-state index contributed by atoms with van der Waals surface area (Å²) in [6.07, 6.45) is 2.48. The van der Waals surface area contributed by atoms with Crippen LogP contribution in [0.4, 0.5) is 0 Å². The number of nitriles is 1. The summed E-state index contributed by atoms with van der Waals surface area (Å²) in [6, 6.07) is 9.44. The molecule has 0 saturated carbocycles. The van der Waals surface area contributed by atoms with E-state index in [0.29, 0.717) is 25.4 Å². The Morgan fingerprint density at radius 1 is 1.23 bits per heavy atom. The zero-order valence-electron chi connectivity index (χ0n) is 13.0. The first kappa shape index (κ1) is 16.2. The highest BCUT2D eigenvalue weighted by atomic mass is 16.5. The van der Waals surface area contributed by atoms with Gasteiger partial charge in [-0.05, 0) is 44.0 Å². The largest absolute Gasteiger partial charge is 0.494 e. The normalized spacial score (nSPS) is 15.2. The number of hydrogen-bond acceptors (Lipinski definition) is 4. The first-order valence-electron chi connectivity index (χ1n) is 7.78. The smallest absolute Gasteiger partial charge is 0.240 e. The van der Waals surface area contributed by atoms with Gasteiger partial charge in [0.1, 0.15) is 17.4 Å². The summed E-state index contributed by atoms with van der Waals surface area (Å²) >= 11 is 0. The van der Waals surface area contributed by atoms with Crippen molar-refractivity contribution in [2.45, 2.75) is 26.2 Å². The Kier molecular flexibility index (Phi) is 6.08. The summed E-state index contributed by atoms with van der Waals surface area (Å²) in [6.45, 7) is 4.46. The van der Waals surface area contributed by atoms with Crippen molar-refractivity contribution < 1.29 is 14.3 Å². The van der Waals surface area contributed by atoms with Gasteiger partial charge in [-0.3, -0.25) is 4.79 Å². The lowest BCUT2D eigenvalue weighted by Gasteiger charge is -2.18. The molecule has 1 aliphatic heterocycles. The highest BCUT2D eigenvalue weighted by Crippen LogP contribution is 2.19. The van der Waals surface area contributed by atoms with Gasteiger partial charge in [0, 0.05) is 19.5 Å². The lowest BCUT2D eigenvalue weighted by Crippen LogP contribution is -2.33. The highest BCUT2D eigenvalue weighted by molar-refractivity contribution is 5.81. The molecule has 22 heavy (non-hydrogen) atoms. The van der Waals surface area contributed by atoms with Crippen LogP contribution in [0.2, 0.25) is 0 Å². The molecule has 0 spiro atoms. The maximum absolute atomic E-state index is 12.2. The molecule has 1 atom stereocenters. The van der Waals surface area contributed by atoms with Crippen molar-refractivity contribution >= 4 is 5.91 Å². The van der Waals surface area contributed by atoms with Crippen molar-refractivity contribution in [3.63, 3.8) is 0 Å². The molecule has 1 unspecified atom stereocenters. The molecule has 0 radical (unpaired) electrons. The number of likely N-dealkylation sites (tertiary alicyclic amines) is 1. The van der Waals surface area contributed by atoms with E-state index in [1.165, 1.54) is 0 Å². The average Bonchev–Trinajstić information content (AvgIpc) is 3.07. The summed E-state index contributed by atoms with van der Waals surface area (Å²) in [4.78, 5) is 13.9. The molecule has 0 aromatic heterocycles. The van der Waals surface area contributed by atoms with Gasteiger partial charge in [-0.25, -0.2) is 0 Å². The van der Waals surface area contributed by atoms with E-state index in [-0.39, 0.29) is 5.91 Å². The van der Waals surface area contributed by atoms with Gasteiger partial charge in [0.25, 0.3) is 0 Å². The van der Waals surface area contributed by atoms with E-state index in [1.807, 2.05) is 31.2 Å². The lowest BCUT2D eigenvalue weighted by molar-refractivity contribution is -0.133. The minimum atomic E-state index is -0.610. The highest BCUT2D eigenvalue weighted by Gasteiger charge is 2.26. The van der Waals surface area contributed by atoms with Crippen LogP contribution in [0.5, 0.6) is 11.5 Å². The van der Waals surface area contributed by atoms with E-state index >= 15 is 0 Å². The molecule has 1 aromatic rings. The van der Waals surface area contributed by atoms with Crippen LogP contribution >= 0.6 is 0 Å². The number of amides is 1. The second-order valence-electron chi connectivity index (χ2n) is 5.26. The van der Waals surface area contributed by atoms with Crippen LogP contribution in [0.1, 0.15) is 26.2 Å².